The van der Waals surface area contributed by atoms with E-state index in [-0.39, 0.29) is 36.0 Å². The number of guanidine groups is 1. The van der Waals surface area contributed by atoms with E-state index in [1.165, 1.54) is 12.8 Å². The molecule has 0 unspecified atom stereocenters. The number of nitrogens with zero attached hydrogens (tertiary/aromatic N) is 1. The van der Waals surface area contributed by atoms with E-state index in [1.54, 1.807) is 21.2 Å². The molecule has 0 atom stereocenters. The van der Waals surface area contributed by atoms with Gasteiger partial charge in [-0.1, -0.05) is 18.2 Å². The van der Waals surface area contributed by atoms with Crippen LogP contribution in [0.15, 0.2) is 47.5 Å². The molecule has 0 radical (unpaired) electrons. The number of nitrogens with one attached hydrogen (secondary N) is 3. The molecule has 1 aliphatic carbocycles. The molecule has 0 aromatic heterocycles. The minimum atomic E-state index is -0.0759. The molecule has 0 saturated heterocycles. The van der Waals surface area contributed by atoms with Gasteiger partial charge >= 0.3 is 0 Å². The van der Waals surface area contributed by atoms with Crippen molar-refractivity contribution < 1.29 is 14.3 Å². The van der Waals surface area contributed by atoms with Crippen LogP contribution in [0.25, 0.3) is 0 Å². The zero-order valence-electron chi connectivity index (χ0n) is 19.6. The van der Waals surface area contributed by atoms with Gasteiger partial charge in [-0.2, -0.15) is 0 Å². The molecule has 3 N–H and O–H groups in total. The molecule has 1 aliphatic rings. The fraction of sp³-hybridized carbons (Fsp3) is 0.440. The second-order valence-electron chi connectivity index (χ2n) is 7.89. The van der Waals surface area contributed by atoms with E-state index >= 15 is 0 Å². The molecule has 0 bridgehead atoms. The average Bonchev–Trinajstić information content (AvgIpc) is 3.34. The molecule has 8 heteroatoms. The Balaban J connectivity index is 0.00000385. The van der Waals surface area contributed by atoms with E-state index in [2.05, 4.69) is 20.9 Å². The zero-order chi connectivity index (χ0) is 22.8. The number of ether oxygens (including phenoxy) is 2. The number of methoxy groups -OCH3 is 1. The summed E-state index contributed by atoms with van der Waals surface area (Å²) < 4.78 is 11.7. The van der Waals surface area contributed by atoms with E-state index < -0.39 is 0 Å². The predicted octanol–water partition coefficient (Wildman–Crippen LogP) is 3.90. The number of rotatable bonds is 9. The van der Waals surface area contributed by atoms with Crippen LogP contribution in [0.1, 0.15) is 47.2 Å². The number of carbonyl (C=O) groups is 1. The Morgan fingerprint density at radius 1 is 1.06 bits per heavy atom. The van der Waals surface area contributed by atoms with Gasteiger partial charge in [0.05, 0.1) is 13.2 Å². The Bertz CT molecular complexity index is 930. The topological polar surface area (TPSA) is 84.0 Å². The molecule has 7 nitrogen and oxygen atoms in total. The fourth-order valence-corrected chi connectivity index (χ4v) is 3.85. The van der Waals surface area contributed by atoms with Crippen molar-refractivity contribution in [2.75, 3.05) is 27.7 Å². The van der Waals surface area contributed by atoms with Crippen LogP contribution >= 0.6 is 24.0 Å². The monoisotopic (exact) mass is 566 g/mol. The van der Waals surface area contributed by atoms with Crippen molar-refractivity contribution in [3.8, 4) is 11.5 Å². The Labute approximate surface area is 213 Å². The summed E-state index contributed by atoms with van der Waals surface area (Å²) in [7, 11) is 5.06. The summed E-state index contributed by atoms with van der Waals surface area (Å²) in [6.45, 7) is 1.33. The molecule has 0 heterocycles. The Morgan fingerprint density at radius 2 is 1.85 bits per heavy atom. The Kier molecular flexibility index (Phi) is 11.3. The van der Waals surface area contributed by atoms with Gasteiger partial charge in [0.25, 0.3) is 5.91 Å². The van der Waals surface area contributed by atoms with Crippen LogP contribution in [0.3, 0.4) is 0 Å². The standard InChI is InChI=1S/C25H34N4O3.HI/c1-26-24(30)20-8-6-7-18(15-20)13-14-28-25(27-2)29-17-19-11-12-22(31-3)23(16-19)32-21-9-4-5-10-21;/h6-8,11-12,15-16,21H,4-5,9-10,13-14,17H2,1-3H3,(H,26,30)(H2,27,28,29);1H. The third kappa shape index (κ3) is 8.10. The summed E-state index contributed by atoms with van der Waals surface area (Å²) in [6.07, 6.45) is 5.73. The fourth-order valence-electron chi connectivity index (χ4n) is 3.85. The van der Waals surface area contributed by atoms with Crippen molar-refractivity contribution in [1.29, 1.82) is 0 Å². The number of aliphatic imine (C=N–C) groups is 1. The molecule has 1 saturated carbocycles. The average molecular weight is 566 g/mol. The maximum Gasteiger partial charge on any atom is 0.251 e. The summed E-state index contributed by atoms with van der Waals surface area (Å²) in [5.41, 5.74) is 2.86. The zero-order valence-corrected chi connectivity index (χ0v) is 22.0. The van der Waals surface area contributed by atoms with Crippen LogP contribution < -0.4 is 25.4 Å². The SMILES string of the molecule is CN=C(NCCc1cccc(C(=O)NC)c1)NCc1ccc(OC)c(OC2CCCC2)c1.I. The minimum Gasteiger partial charge on any atom is -0.493 e. The third-order valence-electron chi connectivity index (χ3n) is 5.63. The van der Waals surface area contributed by atoms with Gasteiger partial charge in [0.2, 0.25) is 0 Å². The van der Waals surface area contributed by atoms with Crippen molar-refractivity contribution in [3.05, 3.63) is 59.2 Å². The Morgan fingerprint density at radius 3 is 2.55 bits per heavy atom. The lowest BCUT2D eigenvalue weighted by molar-refractivity contribution is 0.0963. The number of carbonyl (C=O) groups excluding carboxylic acids is 1. The molecule has 33 heavy (non-hydrogen) atoms. The van der Waals surface area contributed by atoms with Gasteiger partial charge in [0, 0.05) is 32.7 Å². The van der Waals surface area contributed by atoms with Crippen molar-refractivity contribution >= 4 is 35.8 Å². The van der Waals surface area contributed by atoms with Crippen molar-refractivity contribution in [1.82, 2.24) is 16.0 Å². The molecule has 2 aromatic rings. The van der Waals surface area contributed by atoms with Crippen LogP contribution in [0.5, 0.6) is 11.5 Å². The summed E-state index contributed by atoms with van der Waals surface area (Å²) in [5, 5.41) is 9.33. The summed E-state index contributed by atoms with van der Waals surface area (Å²) >= 11 is 0. The Hall–Kier alpha value is -2.49. The van der Waals surface area contributed by atoms with E-state index in [1.807, 2.05) is 42.5 Å². The minimum absolute atomic E-state index is 0. The van der Waals surface area contributed by atoms with Crippen molar-refractivity contribution in [3.63, 3.8) is 0 Å². The van der Waals surface area contributed by atoms with Crippen LogP contribution in [0, 0.1) is 0 Å². The smallest absolute Gasteiger partial charge is 0.251 e. The summed E-state index contributed by atoms with van der Waals surface area (Å²) in [6, 6.07) is 13.7. The van der Waals surface area contributed by atoms with Crippen LogP contribution in [-0.2, 0) is 13.0 Å². The van der Waals surface area contributed by atoms with Crippen LogP contribution in [0.2, 0.25) is 0 Å². The molecule has 1 amide bonds. The van der Waals surface area contributed by atoms with E-state index in [4.69, 9.17) is 9.47 Å². The lowest BCUT2D eigenvalue weighted by atomic mass is 10.1. The highest BCUT2D eigenvalue weighted by molar-refractivity contribution is 14.0. The number of benzene rings is 2. The first-order chi connectivity index (χ1) is 15.6. The maximum atomic E-state index is 11.8. The van der Waals surface area contributed by atoms with Crippen LogP contribution in [-0.4, -0.2) is 45.7 Å². The molecule has 1 fully saturated rings. The summed E-state index contributed by atoms with van der Waals surface area (Å²) in [4.78, 5) is 16.1. The number of amides is 1. The lowest BCUT2D eigenvalue weighted by Gasteiger charge is -2.17. The quantitative estimate of drug-likeness (QED) is 0.244. The van der Waals surface area contributed by atoms with Gasteiger partial charge in [0.15, 0.2) is 17.5 Å². The van der Waals surface area contributed by atoms with Crippen molar-refractivity contribution in [2.45, 2.75) is 44.8 Å². The normalized spacial score (nSPS) is 13.7. The number of hydrogen-bond donors (Lipinski definition) is 3. The largest absolute Gasteiger partial charge is 0.493 e. The first kappa shape index (κ1) is 26.8. The highest BCUT2D eigenvalue weighted by atomic mass is 127. The van der Waals surface area contributed by atoms with Gasteiger partial charge in [0.1, 0.15) is 0 Å². The molecular weight excluding hydrogens is 531 g/mol. The molecule has 3 rings (SSSR count). The lowest BCUT2D eigenvalue weighted by Crippen LogP contribution is -2.37. The van der Waals surface area contributed by atoms with Crippen molar-refractivity contribution in [2.24, 2.45) is 4.99 Å². The van der Waals surface area contributed by atoms with Gasteiger partial charge in [-0.3, -0.25) is 9.79 Å². The van der Waals surface area contributed by atoms with E-state index in [9.17, 15) is 4.79 Å². The van der Waals surface area contributed by atoms with E-state index in [0.29, 0.717) is 18.7 Å². The van der Waals surface area contributed by atoms with Gasteiger partial charge in [-0.05, 0) is 67.5 Å². The second kappa shape index (κ2) is 13.9. The molecule has 180 valence electrons. The highest BCUT2D eigenvalue weighted by Gasteiger charge is 2.18. The first-order valence-electron chi connectivity index (χ1n) is 11.2. The highest BCUT2D eigenvalue weighted by Crippen LogP contribution is 2.32. The van der Waals surface area contributed by atoms with Gasteiger partial charge in [-0.25, -0.2) is 0 Å². The number of hydrogen-bond acceptors (Lipinski definition) is 4. The van der Waals surface area contributed by atoms with E-state index in [0.717, 1.165) is 47.8 Å². The predicted molar refractivity (Wildman–Crippen MR) is 143 cm³/mol. The number of halogens is 1. The third-order valence-corrected chi connectivity index (χ3v) is 5.63. The first-order valence-corrected chi connectivity index (χ1v) is 11.2. The second-order valence-corrected chi connectivity index (χ2v) is 7.89. The molecule has 2 aromatic carbocycles. The van der Waals surface area contributed by atoms with Crippen LogP contribution in [0.4, 0.5) is 0 Å². The van der Waals surface area contributed by atoms with Gasteiger partial charge in [-0.15, -0.1) is 24.0 Å². The summed E-state index contributed by atoms with van der Waals surface area (Å²) in [5.74, 6) is 2.22. The van der Waals surface area contributed by atoms with Gasteiger partial charge < -0.3 is 25.4 Å². The molecule has 0 aliphatic heterocycles. The molecular formula is C25H35IN4O3. The maximum absolute atomic E-state index is 11.8. The molecule has 0 spiro atoms.